The lowest BCUT2D eigenvalue weighted by Crippen LogP contribution is -2.38. The predicted octanol–water partition coefficient (Wildman–Crippen LogP) is 2.43. The van der Waals surface area contributed by atoms with Gasteiger partial charge >= 0.3 is 6.03 Å². The topological polar surface area (TPSA) is 76.0 Å². The van der Waals surface area contributed by atoms with Gasteiger partial charge in [0.1, 0.15) is 0 Å². The third kappa shape index (κ3) is 3.73. The van der Waals surface area contributed by atoms with Gasteiger partial charge in [-0.3, -0.25) is 10.1 Å². The molecule has 2 N–H and O–H groups in total. The molecule has 6 nitrogen and oxygen atoms in total. The quantitative estimate of drug-likeness (QED) is 0.826. The number of amides is 3. The first-order chi connectivity index (χ1) is 11.2. The van der Waals surface area contributed by atoms with E-state index in [0.717, 1.165) is 29.3 Å². The largest absolute Gasteiger partial charge is 0.341 e. The number of aromatic nitrogens is 2. The summed E-state index contributed by atoms with van der Waals surface area (Å²) >= 11 is 1.35. The molecule has 1 heterocycles. The van der Waals surface area contributed by atoms with Crippen LogP contribution in [0.1, 0.15) is 18.9 Å². The van der Waals surface area contributed by atoms with Crippen LogP contribution in [-0.4, -0.2) is 34.3 Å². The standard InChI is InChI=1S/C16H18N4O2S/c1-17-15(22)19-14(21)10-23-16-18-9-13(20(16)12-7-8-12)11-5-3-2-4-6-11/h2-6,9,12H,7-8,10H2,1H3,(H2,17,19,21,22). The van der Waals surface area contributed by atoms with Gasteiger partial charge in [0.2, 0.25) is 5.91 Å². The fraction of sp³-hybridized carbons (Fsp3) is 0.312. The highest BCUT2D eigenvalue weighted by atomic mass is 32.2. The SMILES string of the molecule is CNC(=O)NC(=O)CSc1ncc(-c2ccccc2)n1C1CC1. The van der Waals surface area contributed by atoms with E-state index < -0.39 is 6.03 Å². The van der Waals surface area contributed by atoms with Gasteiger partial charge in [0, 0.05) is 13.1 Å². The Morgan fingerprint density at radius 1 is 1.30 bits per heavy atom. The smallest absolute Gasteiger partial charge is 0.321 e. The Morgan fingerprint density at radius 3 is 2.70 bits per heavy atom. The second kappa shape index (κ2) is 6.87. The Bertz CT molecular complexity index is 710. The van der Waals surface area contributed by atoms with Gasteiger partial charge in [-0.2, -0.15) is 0 Å². The molecule has 7 heteroatoms. The van der Waals surface area contributed by atoms with Crippen molar-refractivity contribution in [1.82, 2.24) is 20.2 Å². The maximum Gasteiger partial charge on any atom is 0.321 e. The molecule has 0 bridgehead atoms. The van der Waals surface area contributed by atoms with Crippen LogP contribution in [0.25, 0.3) is 11.3 Å². The number of carbonyl (C=O) groups is 2. The van der Waals surface area contributed by atoms with Crippen LogP contribution in [0.4, 0.5) is 4.79 Å². The third-order valence-electron chi connectivity index (χ3n) is 3.56. The number of nitrogens with one attached hydrogen (secondary N) is 2. The highest BCUT2D eigenvalue weighted by Gasteiger charge is 2.29. The minimum atomic E-state index is -0.494. The van der Waals surface area contributed by atoms with Gasteiger partial charge in [-0.05, 0) is 18.4 Å². The summed E-state index contributed by atoms with van der Waals surface area (Å²) in [5.74, 6) is -0.174. The van der Waals surface area contributed by atoms with E-state index in [1.807, 2.05) is 24.4 Å². The summed E-state index contributed by atoms with van der Waals surface area (Å²) in [6.07, 6.45) is 4.12. The van der Waals surface area contributed by atoms with Gasteiger partial charge in [0.15, 0.2) is 5.16 Å². The molecule has 120 valence electrons. The van der Waals surface area contributed by atoms with Crippen LogP contribution in [-0.2, 0) is 4.79 Å². The van der Waals surface area contributed by atoms with E-state index >= 15 is 0 Å². The molecule has 3 rings (SSSR count). The molecule has 1 aliphatic rings. The summed E-state index contributed by atoms with van der Waals surface area (Å²) in [4.78, 5) is 27.3. The van der Waals surface area contributed by atoms with E-state index in [9.17, 15) is 9.59 Å². The maximum absolute atomic E-state index is 11.7. The Labute approximate surface area is 138 Å². The zero-order chi connectivity index (χ0) is 16.2. The molecule has 0 aliphatic heterocycles. The van der Waals surface area contributed by atoms with E-state index in [-0.39, 0.29) is 11.7 Å². The van der Waals surface area contributed by atoms with E-state index in [1.54, 1.807) is 0 Å². The number of imide groups is 1. The fourth-order valence-corrected chi connectivity index (χ4v) is 3.16. The summed E-state index contributed by atoms with van der Waals surface area (Å²) in [7, 11) is 1.47. The van der Waals surface area contributed by atoms with Crippen molar-refractivity contribution in [1.29, 1.82) is 0 Å². The van der Waals surface area contributed by atoms with Gasteiger partial charge in [-0.1, -0.05) is 42.1 Å². The van der Waals surface area contributed by atoms with E-state index in [0.29, 0.717) is 6.04 Å². The number of urea groups is 1. The molecule has 0 saturated heterocycles. The second-order valence-electron chi connectivity index (χ2n) is 5.31. The monoisotopic (exact) mass is 330 g/mol. The lowest BCUT2D eigenvalue weighted by molar-refractivity contribution is -0.117. The number of hydrogen-bond donors (Lipinski definition) is 2. The van der Waals surface area contributed by atoms with Crippen molar-refractivity contribution in [3.05, 3.63) is 36.5 Å². The number of carbonyl (C=O) groups excluding carboxylic acids is 2. The fourth-order valence-electron chi connectivity index (χ4n) is 2.31. The lowest BCUT2D eigenvalue weighted by Gasteiger charge is -2.10. The Morgan fingerprint density at radius 2 is 2.04 bits per heavy atom. The molecule has 0 unspecified atom stereocenters. The molecule has 1 fully saturated rings. The second-order valence-corrected chi connectivity index (χ2v) is 6.25. The molecule has 1 aromatic heterocycles. The normalized spacial score (nSPS) is 13.6. The van der Waals surface area contributed by atoms with Crippen molar-refractivity contribution in [2.45, 2.75) is 24.0 Å². The number of hydrogen-bond acceptors (Lipinski definition) is 4. The Balaban J connectivity index is 1.74. The molecule has 1 saturated carbocycles. The van der Waals surface area contributed by atoms with Crippen LogP contribution in [0.5, 0.6) is 0 Å². The van der Waals surface area contributed by atoms with Crippen molar-refractivity contribution < 1.29 is 9.59 Å². The molecular formula is C16H18N4O2S. The molecule has 1 aromatic carbocycles. The van der Waals surface area contributed by atoms with Crippen LogP contribution in [0, 0.1) is 0 Å². The van der Waals surface area contributed by atoms with Crippen molar-refractivity contribution in [3.8, 4) is 11.3 Å². The van der Waals surface area contributed by atoms with E-state index in [2.05, 4.69) is 32.3 Å². The molecule has 2 aromatic rings. The number of nitrogens with zero attached hydrogens (tertiary/aromatic N) is 2. The summed E-state index contributed by atoms with van der Waals surface area (Å²) in [6.45, 7) is 0. The summed E-state index contributed by atoms with van der Waals surface area (Å²) < 4.78 is 2.20. The van der Waals surface area contributed by atoms with Crippen molar-refractivity contribution in [3.63, 3.8) is 0 Å². The van der Waals surface area contributed by atoms with Gasteiger partial charge in [-0.15, -0.1) is 0 Å². The number of thioether (sulfide) groups is 1. The summed E-state index contributed by atoms with van der Waals surface area (Å²) in [6, 6.07) is 10.1. The highest BCUT2D eigenvalue weighted by Crippen LogP contribution is 2.41. The molecule has 0 spiro atoms. The number of imidazole rings is 1. The average Bonchev–Trinajstić information content (AvgIpc) is 3.33. The number of benzene rings is 1. The predicted molar refractivity (Wildman–Crippen MR) is 89.3 cm³/mol. The highest BCUT2D eigenvalue weighted by molar-refractivity contribution is 7.99. The molecule has 0 atom stereocenters. The summed E-state index contributed by atoms with van der Waals surface area (Å²) in [5.41, 5.74) is 2.19. The number of rotatable bonds is 5. The van der Waals surface area contributed by atoms with Crippen LogP contribution in [0.3, 0.4) is 0 Å². The third-order valence-corrected chi connectivity index (χ3v) is 4.52. The van der Waals surface area contributed by atoms with Gasteiger partial charge < -0.3 is 9.88 Å². The van der Waals surface area contributed by atoms with Crippen LogP contribution < -0.4 is 10.6 Å². The van der Waals surface area contributed by atoms with Gasteiger partial charge in [-0.25, -0.2) is 9.78 Å². The van der Waals surface area contributed by atoms with Crippen LogP contribution in [0.2, 0.25) is 0 Å². The average molecular weight is 330 g/mol. The van der Waals surface area contributed by atoms with E-state index in [4.69, 9.17) is 0 Å². The molecule has 1 aliphatic carbocycles. The van der Waals surface area contributed by atoms with Gasteiger partial charge in [0.25, 0.3) is 0 Å². The van der Waals surface area contributed by atoms with Crippen molar-refractivity contribution in [2.24, 2.45) is 0 Å². The van der Waals surface area contributed by atoms with Crippen LogP contribution >= 0.6 is 11.8 Å². The van der Waals surface area contributed by atoms with E-state index in [1.165, 1.54) is 18.8 Å². The molecule has 3 amide bonds. The van der Waals surface area contributed by atoms with Crippen molar-refractivity contribution in [2.75, 3.05) is 12.8 Å². The maximum atomic E-state index is 11.7. The van der Waals surface area contributed by atoms with Crippen LogP contribution in [0.15, 0.2) is 41.7 Å². The first-order valence-electron chi connectivity index (χ1n) is 7.46. The molecular weight excluding hydrogens is 312 g/mol. The summed E-state index contributed by atoms with van der Waals surface area (Å²) in [5, 5.41) is 5.43. The first-order valence-corrected chi connectivity index (χ1v) is 8.44. The Kier molecular flexibility index (Phi) is 4.66. The van der Waals surface area contributed by atoms with Crippen molar-refractivity contribution >= 4 is 23.7 Å². The minimum Gasteiger partial charge on any atom is -0.341 e. The molecule has 23 heavy (non-hydrogen) atoms. The lowest BCUT2D eigenvalue weighted by atomic mass is 10.2. The minimum absolute atomic E-state index is 0.158. The first kappa shape index (κ1) is 15.6. The zero-order valence-electron chi connectivity index (χ0n) is 12.8. The zero-order valence-corrected chi connectivity index (χ0v) is 13.6. The molecule has 0 radical (unpaired) electrons. The van der Waals surface area contributed by atoms with Gasteiger partial charge in [0.05, 0.1) is 17.6 Å². The Hall–Kier alpha value is -2.28.